The normalized spacial score (nSPS) is 19.5. The van der Waals surface area contributed by atoms with Gasteiger partial charge in [-0.2, -0.15) is 13.2 Å². The summed E-state index contributed by atoms with van der Waals surface area (Å²) in [5, 5.41) is 2.72. The second kappa shape index (κ2) is 10.5. The van der Waals surface area contributed by atoms with Crippen molar-refractivity contribution in [2.75, 3.05) is 56.2 Å². The zero-order valence-electron chi connectivity index (χ0n) is 18.4. The number of alkyl halides is 3. The monoisotopic (exact) mass is 457 g/mol. The number of benzene rings is 1. The largest absolute Gasteiger partial charge is 0.466 e. The quantitative estimate of drug-likeness (QED) is 0.662. The van der Waals surface area contributed by atoms with Crippen molar-refractivity contribution < 1.29 is 32.2 Å². The van der Waals surface area contributed by atoms with Crippen molar-refractivity contribution in [3.8, 4) is 0 Å². The van der Waals surface area contributed by atoms with Crippen LogP contribution in [0.5, 0.6) is 0 Å². The zero-order valence-corrected chi connectivity index (χ0v) is 18.4. The smallest absolute Gasteiger partial charge is 0.416 e. The van der Waals surface area contributed by atoms with Crippen LogP contribution in [0.1, 0.15) is 32.3 Å². The van der Waals surface area contributed by atoms with Crippen LogP contribution in [-0.4, -0.2) is 68.8 Å². The molecule has 0 radical (unpaired) electrons. The van der Waals surface area contributed by atoms with Gasteiger partial charge in [-0.25, -0.2) is 0 Å². The third-order valence-corrected chi connectivity index (χ3v) is 6.01. The summed E-state index contributed by atoms with van der Waals surface area (Å²) in [7, 11) is 0. The molecule has 10 heteroatoms. The van der Waals surface area contributed by atoms with E-state index in [1.807, 2.05) is 9.80 Å². The van der Waals surface area contributed by atoms with E-state index in [9.17, 15) is 22.8 Å². The highest BCUT2D eigenvalue weighted by Gasteiger charge is 2.33. The molecule has 3 rings (SSSR count). The Balaban J connectivity index is 1.70. The minimum Gasteiger partial charge on any atom is -0.466 e. The van der Waals surface area contributed by atoms with Crippen LogP contribution in [0.2, 0.25) is 0 Å². The van der Waals surface area contributed by atoms with E-state index in [0.29, 0.717) is 64.5 Å². The second-order valence-electron chi connectivity index (χ2n) is 8.06. The van der Waals surface area contributed by atoms with Crippen molar-refractivity contribution in [2.45, 2.75) is 38.9 Å². The lowest BCUT2D eigenvalue weighted by Gasteiger charge is -2.35. The summed E-state index contributed by atoms with van der Waals surface area (Å²) in [6, 6.07) is 2.87. The molecule has 7 nitrogen and oxygen atoms in total. The lowest BCUT2D eigenvalue weighted by atomic mass is 9.96. The van der Waals surface area contributed by atoms with Gasteiger partial charge in [0.2, 0.25) is 5.91 Å². The Hall–Kier alpha value is -2.33. The molecule has 0 aromatic heterocycles. The van der Waals surface area contributed by atoms with E-state index >= 15 is 0 Å². The van der Waals surface area contributed by atoms with E-state index in [-0.39, 0.29) is 23.5 Å². The van der Waals surface area contributed by atoms with Crippen LogP contribution in [0, 0.1) is 5.92 Å². The summed E-state index contributed by atoms with van der Waals surface area (Å²) in [6.07, 6.45) is -3.35. The van der Waals surface area contributed by atoms with Crippen molar-refractivity contribution in [3.05, 3.63) is 23.8 Å². The summed E-state index contributed by atoms with van der Waals surface area (Å²) < 4.78 is 50.3. The Morgan fingerprint density at radius 1 is 1.19 bits per heavy atom. The van der Waals surface area contributed by atoms with E-state index in [0.717, 1.165) is 12.1 Å². The van der Waals surface area contributed by atoms with E-state index in [2.05, 4.69) is 5.32 Å². The lowest BCUT2D eigenvalue weighted by Crippen LogP contribution is -2.47. The summed E-state index contributed by atoms with van der Waals surface area (Å²) in [6.45, 7) is 6.91. The first-order valence-corrected chi connectivity index (χ1v) is 11.0. The molecule has 2 aliphatic rings. The molecule has 0 bridgehead atoms. The Bertz CT molecular complexity index is 804. The van der Waals surface area contributed by atoms with Crippen molar-refractivity contribution >= 4 is 23.3 Å². The SMILES string of the molecule is CCOC(=O)C1CCN(C(C)C(=O)Nc2cc(C(F)(F)F)ccc2N2CCOCC2)CC1. The Kier molecular flexibility index (Phi) is 8.00. The van der Waals surface area contributed by atoms with Gasteiger partial charge in [0.25, 0.3) is 0 Å². The first-order valence-electron chi connectivity index (χ1n) is 11.0. The number of piperidine rings is 1. The maximum absolute atomic E-state index is 13.3. The summed E-state index contributed by atoms with van der Waals surface area (Å²) >= 11 is 0. The number of hydrogen-bond donors (Lipinski definition) is 1. The molecule has 1 aromatic carbocycles. The van der Waals surface area contributed by atoms with Crippen LogP contribution in [0.25, 0.3) is 0 Å². The number of carbonyl (C=O) groups is 2. The number of rotatable bonds is 6. The van der Waals surface area contributed by atoms with Gasteiger partial charge >= 0.3 is 12.1 Å². The van der Waals surface area contributed by atoms with E-state index in [1.54, 1.807) is 13.8 Å². The standard InChI is InChI=1S/C22H30F3N3O4/c1-3-32-21(30)16-6-8-27(9-7-16)15(2)20(29)26-18-14-17(22(23,24)25)4-5-19(18)28-10-12-31-13-11-28/h4-5,14-16H,3,6-13H2,1-2H3,(H,26,29). The number of anilines is 2. The van der Waals surface area contributed by atoms with Crippen LogP contribution >= 0.6 is 0 Å². The van der Waals surface area contributed by atoms with Crippen LogP contribution < -0.4 is 10.2 Å². The minimum atomic E-state index is -4.51. The van der Waals surface area contributed by atoms with E-state index in [4.69, 9.17) is 9.47 Å². The number of esters is 1. The molecule has 1 unspecified atom stereocenters. The second-order valence-corrected chi connectivity index (χ2v) is 8.06. The molecule has 1 aromatic rings. The molecule has 1 amide bonds. The van der Waals surface area contributed by atoms with Crippen molar-refractivity contribution in [2.24, 2.45) is 5.92 Å². The highest BCUT2D eigenvalue weighted by atomic mass is 19.4. The number of ether oxygens (including phenoxy) is 2. The molecule has 0 spiro atoms. The number of hydrogen-bond acceptors (Lipinski definition) is 6. The van der Waals surface area contributed by atoms with Gasteiger partial charge in [-0.05, 0) is 58.0 Å². The zero-order chi connectivity index (χ0) is 23.3. The fourth-order valence-electron chi connectivity index (χ4n) is 4.08. The van der Waals surface area contributed by atoms with Crippen LogP contribution in [0.15, 0.2) is 18.2 Å². The summed E-state index contributed by atoms with van der Waals surface area (Å²) in [5.41, 5.74) is -0.129. The fraction of sp³-hybridized carbons (Fsp3) is 0.636. The molecule has 0 saturated carbocycles. The van der Waals surface area contributed by atoms with Gasteiger partial charge in [-0.3, -0.25) is 14.5 Å². The average molecular weight is 457 g/mol. The minimum absolute atomic E-state index is 0.139. The van der Waals surface area contributed by atoms with Gasteiger partial charge in [0, 0.05) is 13.1 Å². The lowest BCUT2D eigenvalue weighted by molar-refractivity contribution is -0.149. The van der Waals surface area contributed by atoms with Gasteiger partial charge in [0.1, 0.15) is 0 Å². The number of morpholine rings is 1. The van der Waals surface area contributed by atoms with E-state index < -0.39 is 17.8 Å². The average Bonchev–Trinajstić information content (AvgIpc) is 2.78. The molecule has 2 fully saturated rings. The maximum atomic E-state index is 13.3. The number of likely N-dealkylation sites (tertiary alicyclic amines) is 1. The first kappa shape index (κ1) is 24.3. The number of halogens is 3. The number of nitrogens with one attached hydrogen (secondary N) is 1. The molecule has 32 heavy (non-hydrogen) atoms. The van der Waals surface area contributed by atoms with Gasteiger partial charge in [0.05, 0.1) is 48.7 Å². The van der Waals surface area contributed by atoms with Gasteiger partial charge < -0.3 is 19.7 Å². The summed E-state index contributed by atoms with van der Waals surface area (Å²) in [4.78, 5) is 28.7. The Labute approximate surface area is 185 Å². The number of nitrogens with zero attached hydrogens (tertiary/aromatic N) is 2. The first-order chi connectivity index (χ1) is 15.2. The topological polar surface area (TPSA) is 71.1 Å². The van der Waals surface area contributed by atoms with Crippen molar-refractivity contribution in [3.63, 3.8) is 0 Å². The fourth-order valence-corrected chi connectivity index (χ4v) is 4.08. The van der Waals surface area contributed by atoms with Crippen molar-refractivity contribution in [1.29, 1.82) is 0 Å². The third kappa shape index (κ3) is 5.92. The Morgan fingerprint density at radius 3 is 2.44 bits per heavy atom. The number of amides is 1. The molecular weight excluding hydrogens is 427 g/mol. The molecule has 2 aliphatic heterocycles. The van der Waals surface area contributed by atoms with Crippen molar-refractivity contribution in [1.82, 2.24) is 4.90 Å². The summed E-state index contributed by atoms with van der Waals surface area (Å²) in [5.74, 6) is -0.783. The number of carbonyl (C=O) groups excluding carboxylic acids is 2. The predicted octanol–water partition coefficient (Wildman–Crippen LogP) is 3.14. The van der Waals surface area contributed by atoms with Gasteiger partial charge in [-0.15, -0.1) is 0 Å². The molecule has 0 aliphatic carbocycles. The molecule has 178 valence electrons. The highest BCUT2D eigenvalue weighted by molar-refractivity contribution is 5.97. The molecule has 2 heterocycles. The molecule has 2 saturated heterocycles. The molecule has 1 N–H and O–H groups in total. The maximum Gasteiger partial charge on any atom is 0.416 e. The predicted molar refractivity (Wildman–Crippen MR) is 113 cm³/mol. The third-order valence-electron chi connectivity index (χ3n) is 6.01. The highest BCUT2D eigenvalue weighted by Crippen LogP contribution is 2.36. The molecule has 1 atom stereocenters. The Morgan fingerprint density at radius 2 is 1.84 bits per heavy atom. The van der Waals surface area contributed by atoms with Crippen LogP contribution in [0.4, 0.5) is 24.5 Å². The molecular formula is C22H30F3N3O4. The van der Waals surface area contributed by atoms with E-state index in [1.165, 1.54) is 6.07 Å². The van der Waals surface area contributed by atoms with Gasteiger partial charge in [0.15, 0.2) is 0 Å². The van der Waals surface area contributed by atoms with Crippen LogP contribution in [-0.2, 0) is 25.2 Å². The van der Waals surface area contributed by atoms with Crippen LogP contribution in [0.3, 0.4) is 0 Å². The van der Waals surface area contributed by atoms with Gasteiger partial charge in [-0.1, -0.05) is 0 Å².